The maximum atomic E-state index is 12.1. The minimum atomic E-state index is -0.204. The fourth-order valence-corrected chi connectivity index (χ4v) is 2.93. The Morgan fingerprint density at radius 1 is 1.35 bits per heavy atom. The van der Waals surface area contributed by atoms with Crippen molar-refractivity contribution < 1.29 is 9.59 Å². The van der Waals surface area contributed by atoms with Crippen LogP contribution < -0.4 is 5.73 Å². The number of likely N-dealkylation sites (N-methyl/N-ethyl adjacent to an activating group) is 1. The Hall–Kier alpha value is -1.84. The molecular weight excluding hydrogens is 216 g/mol. The summed E-state index contributed by atoms with van der Waals surface area (Å²) in [5.74, 6) is -0.460. The molecule has 0 radical (unpaired) electrons. The first kappa shape index (κ1) is 10.3. The Morgan fingerprint density at radius 2 is 2.12 bits per heavy atom. The van der Waals surface area contributed by atoms with Gasteiger partial charge in [-0.15, -0.1) is 0 Å². The van der Waals surface area contributed by atoms with Crippen molar-refractivity contribution in [2.24, 2.45) is 0 Å². The van der Waals surface area contributed by atoms with E-state index in [1.165, 1.54) is 4.90 Å². The molecule has 88 valence electrons. The van der Waals surface area contributed by atoms with E-state index in [2.05, 4.69) is 0 Å². The molecule has 2 N–H and O–H groups in total. The van der Waals surface area contributed by atoms with Crippen molar-refractivity contribution >= 4 is 17.5 Å². The smallest absolute Gasteiger partial charge is 0.260 e. The summed E-state index contributed by atoms with van der Waals surface area (Å²) in [5, 5.41) is 0. The van der Waals surface area contributed by atoms with E-state index in [9.17, 15) is 9.59 Å². The third kappa shape index (κ3) is 1.24. The lowest BCUT2D eigenvalue weighted by Gasteiger charge is -2.35. The van der Waals surface area contributed by atoms with Gasteiger partial charge in [0.2, 0.25) is 5.91 Å². The van der Waals surface area contributed by atoms with Crippen LogP contribution in [0.5, 0.6) is 0 Å². The fourth-order valence-electron chi connectivity index (χ4n) is 2.93. The van der Waals surface area contributed by atoms with Crippen LogP contribution >= 0.6 is 0 Å². The fraction of sp³-hybridized carbons (Fsp3) is 0.385. The molecule has 17 heavy (non-hydrogen) atoms. The summed E-state index contributed by atoms with van der Waals surface area (Å²) >= 11 is 0. The number of hydrogen-bond acceptors (Lipinski definition) is 3. The molecule has 1 aliphatic heterocycles. The predicted octanol–water partition coefficient (Wildman–Crippen LogP) is 1.30. The first-order valence-electron chi connectivity index (χ1n) is 5.84. The monoisotopic (exact) mass is 230 g/mol. The van der Waals surface area contributed by atoms with E-state index in [1.54, 1.807) is 19.2 Å². The minimum Gasteiger partial charge on any atom is -0.398 e. The molecule has 3 rings (SSSR count). The van der Waals surface area contributed by atoms with Crippen LogP contribution in [0.15, 0.2) is 12.1 Å². The standard InChI is InChI=1S/C13H14N2O2/c1-15-12(16)8-4-2-3-7-10(14)6-5-9(11(7)8)13(15)17/h5-6,8H,2-4,14H2,1H3. The van der Waals surface area contributed by atoms with Crippen LogP contribution in [-0.4, -0.2) is 23.8 Å². The quantitative estimate of drug-likeness (QED) is 0.539. The molecule has 2 aliphatic rings. The molecule has 0 aromatic heterocycles. The largest absolute Gasteiger partial charge is 0.398 e. The van der Waals surface area contributed by atoms with E-state index in [0.29, 0.717) is 11.3 Å². The summed E-state index contributed by atoms with van der Waals surface area (Å²) in [5.41, 5.74) is 9.20. The van der Waals surface area contributed by atoms with E-state index < -0.39 is 0 Å². The molecule has 1 atom stereocenters. The molecule has 1 heterocycles. The number of imide groups is 1. The molecule has 0 fully saturated rings. The van der Waals surface area contributed by atoms with Crippen molar-refractivity contribution in [3.63, 3.8) is 0 Å². The van der Waals surface area contributed by atoms with Crippen LogP contribution in [0.3, 0.4) is 0 Å². The van der Waals surface area contributed by atoms with Crippen molar-refractivity contribution in [3.8, 4) is 0 Å². The third-order valence-electron chi connectivity index (χ3n) is 3.83. The van der Waals surface area contributed by atoms with Crippen LogP contribution in [0.25, 0.3) is 0 Å². The van der Waals surface area contributed by atoms with Crippen molar-refractivity contribution in [1.82, 2.24) is 4.90 Å². The number of benzene rings is 1. The lowest BCUT2D eigenvalue weighted by Crippen LogP contribution is -2.43. The van der Waals surface area contributed by atoms with E-state index in [1.807, 2.05) is 0 Å². The van der Waals surface area contributed by atoms with E-state index in [-0.39, 0.29) is 17.7 Å². The maximum absolute atomic E-state index is 12.1. The van der Waals surface area contributed by atoms with Gasteiger partial charge in [0.1, 0.15) is 0 Å². The van der Waals surface area contributed by atoms with Gasteiger partial charge in [-0.25, -0.2) is 0 Å². The Labute approximate surface area is 99.4 Å². The van der Waals surface area contributed by atoms with E-state index in [4.69, 9.17) is 5.73 Å². The second-order valence-electron chi connectivity index (χ2n) is 4.74. The zero-order valence-electron chi connectivity index (χ0n) is 9.69. The van der Waals surface area contributed by atoms with Crippen molar-refractivity contribution in [3.05, 3.63) is 28.8 Å². The normalized spacial score (nSPS) is 22.6. The number of nitrogens with two attached hydrogens (primary N) is 1. The Bertz CT molecular complexity index is 536. The maximum Gasteiger partial charge on any atom is 0.260 e. The van der Waals surface area contributed by atoms with Gasteiger partial charge in [0.05, 0.1) is 5.92 Å². The number of amides is 2. The summed E-state index contributed by atoms with van der Waals surface area (Å²) in [7, 11) is 1.55. The van der Waals surface area contributed by atoms with Gasteiger partial charge in [-0.05, 0) is 42.5 Å². The third-order valence-corrected chi connectivity index (χ3v) is 3.83. The van der Waals surface area contributed by atoms with Gasteiger partial charge in [-0.2, -0.15) is 0 Å². The van der Waals surface area contributed by atoms with Gasteiger partial charge in [0.15, 0.2) is 0 Å². The van der Waals surface area contributed by atoms with Gasteiger partial charge in [0.25, 0.3) is 5.91 Å². The van der Waals surface area contributed by atoms with Gasteiger partial charge in [-0.3, -0.25) is 14.5 Å². The van der Waals surface area contributed by atoms with Crippen LogP contribution in [0, 0.1) is 0 Å². The summed E-state index contributed by atoms with van der Waals surface area (Å²) in [6.07, 6.45) is 2.65. The molecule has 4 heteroatoms. The molecule has 1 aromatic carbocycles. The average Bonchev–Trinajstić information content (AvgIpc) is 2.35. The van der Waals surface area contributed by atoms with Crippen molar-refractivity contribution in [2.45, 2.75) is 25.2 Å². The molecule has 0 saturated carbocycles. The molecule has 4 nitrogen and oxygen atoms in total. The molecule has 0 spiro atoms. The van der Waals surface area contributed by atoms with Gasteiger partial charge >= 0.3 is 0 Å². The number of rotatable bonds is 0. The topological polar surface area (TPSA) is 63.4 Å². The molecule has 1 unspecified atom stereocenters. The highest BCUT2D eigenvalue weighted by molar-refractivity contribution is 6.12. The lowest BCUT2D eigenvalue weighted by atomic mass is 9.76. The van der Waals surface area contributed by atoms with E-state index >= 15 is 0 Å². The van der Waals surface area contributed by atoms with E-state index in [0.717, 1.165) is 30.4 Å². The summed E-state index contributed by atoms with van der Waals surface area (Å²) < 4.78 is 0. The number of anilines is 1. The zero-order valence-corrected chi connectivity index (χ0v) is 9.69. The predicted molar refractivity (Wildman–Crippen MR) is 63.6 cm³/mol. The van der Waals surface area contributed by atoms with Crippen LogP contribution in [-0.2, 0) is 11.2 Å². The number of nitrogen functional groups attached to an aromatic ring is 1. The van der Waals surface area contributed by atoms with Crippen LogP contribution in [0.2, 0.25) is 0 Å². The number of hydrogen-bond donors (Lipinski definition) is 1. The highest BCUT2D eigenvalue weighted by atomic mass is 16.2. The first-order chi connectivity index (χ1) is 8.11. The second kappa shape index (κ2) is 3.32. The highest BCUT2D eigenvalue weighted by Gasteiger charge is 2.39. The van der Waals surface area contributed by atoms with Crippen molar-refractivity contribution in [1.29, 1.82) is 0 Å². The average molecular weight is 230 g/mol. The van der Waals surface area contributed by atoms with Crippen molar-refractivity contribution in [2.75, 3.05) is 12.8 Å². The molecule has 2 amide bonds. The zero-order chi connectivity index (χ0) is 12.2. The lowest BCUT2D eigenvalue weighted by molar-refractivity contribution is -0.130. The summed E-state index contributed by atoms with van der Waals surface area (Å²) in [6.45, 7) is 0. The molecular formula is C13H14N2O2. The molecule has 1 aromatic rings. The number of carbonyl (C=O) groups is 2. The number of carbonyl (C=O) groups excluding carboxylic acids is 2. The van der Waals surface area contributed by atoms with Crippen LogP contribution in [0.4, 0.5) is 5.69 Å². The Morgan fingerprint density at radius 3 is 2.88 bits per heavy atom. The molecule has 1 aliphatic carbocycles. The minimum absolute atomic E-state index is 0.0888. The number of nitrogens with zero attached hydrogens (tertiary/aromatic N) is 1. The van der Waals surface area contributed by atoms with Gasteiger partial charge < -0.3 is 5.73 Å². The Kier molecular flexibility index (Phi) is 2.02. The van der Waals surface area contributed by atoms with Gasteiger partial charge in [-0.1, -0.05) is 0 Å². The molecule has 0 saturated heterocycles. The van der Waals surface area contributed by atoms with Crippen LogP contribution in [0.1, 0.15) is 40.2 Å². The molecule has 0 bridgehead atoms. The van der Waals surface area contributed by atoms with Gasteiger partial charge in [0, 0.05) is 18.3 Å². The Balaban J connectivity index is 2.31. The summed E-state index contributed by atoms with van der Waals surface area (Å²) in [4.78, 5) is 25.4. The SMILES string of the molecule is CN1C(=O)c2ccc(N)c3c2C(CCC3)C1=O. The highest BCUT2D eigenvalue weighted by Crippen LogP contribution is 2.41. The second-order valence-corrected chi connectivity index (χ2v) is 4.74. The first-order valence-corrected chi connectivity index (χ1v) is 5.84. The summed E-state index contributed by atoms with van der Waals surface area (Å²) in [6, 6.07) is 3.52.